The molecule has 0 aliphatic rings. The summed E-state index contributed by atoms with van der Waals surface area (Å²) in [4.78, 5) is 0. The third-order valence-corrected chi connectivity index (χ3v) is 3.37. The fraction of sp³-hybridized carbons (Fsp3) is 0.600. The summed E-state index contributed by atoms with van der Waals surface area (Å²) in [6.45, 7) is 10.00. The molecule has 1 rings (SSSR count). The van der Waals surface area contributed by atoms with Gasteiger partial charge in [-0.1, -0.05) is 12.1 Å². The first kappa shape index (κ1) is 15.2. The molecule has 0 aliphatic carbocycles. The molecule has 0 bridgehead atoms. The Kier molecular flexibility index (Phi) is 5.32. The molecule has 1 aromatic carbocycles. The van der Waals surface area contributed by atoms with Crippen LogP contribution in [0.4, 0.5) is 0 Å². The van der Waals surface area contributed by atoms with Gasteiger partial charge >= 0.3 is 0 Å². The van der Waals surface area contributed by atoms with Gasteiger partial charge in [-0.25, -0.2) is 0 Å². The summed E-state index contributed by atoms with van der Waals surface area (Å²) in [6.07, 6.45) is 0. The largest absolute Gasteiger partial charge is 0.384 e. The first-order chi connectivity index (χ1) is 8.38. The molecule has 0 heterocycles. The van der Waals surface area contributed by atoms with Gasteiger partial charge in [-0.05, 0) is 49.9 Å². The van der Waals surface area contributed by atoms with Gasteiger partial charge < -0.3 is 15.2 Å². The van der Waals surface area contributed by atoms with Gasteiger partial charge in [0.25, 0.3) is 0 Å². The van der Waals surface area contributed by atoms with Crippen LogP contribution in [-0.4, -0.2) is 31.9 Å². The SMILES string of the molecule is COCCNCC(C)(O)c1cc(C)c(C)cc1C. The van der Waals surface area contributed by atoms with Gasteiger partial charge in [0.2, 0.25) is 0 Å². The Morgan fingerprint density at radius 1 is 1.17 bits per heavy atom. The first-order valence-corrected chi connectivity index (χ1v) is 6.39. The van der Waals surface area contributed by atoms with Crippen LogP contribution in [0.2, 0.25) is 0 Å². The number of nitrogens with one attached hydrogen (secondary N) is 1. The van der Waals surface area contributed by atoms with E-state index in [0.29, 0.717) is 13.2 Å². The van der Waals surface area contributed by atoms with Crippen LogP contribution in [0, 0.1) is 20.8 Å². The molecule has 0 saturated heterocycles. The molecule has 0 spiro atoms. The van der Waals surface area contributed by atoms with Gasteiger partial charge in [0.15, 0.2) is 0 Å². The maximum Gasteiger partial charge on any atom is 0.0994 e. The minimum atomic E-state index is -0.851. The second-order valence-corrected chi connectivity index (χ2v) is 5.19. The van der Waals surface area contributed by atoms with Crippen LogP contribution < -0.4 is 5.32 Å². The lowest BCUT2D eigenvalue weighted by Crippen LogP contribution is -2.37. The van der Waals surface area contributed by atoms with Gasteiger partial charge in [-0.3, -0.25) is 0 Å². The number of benzene rings is 1. The van der Waals surface area contributed by atoms with Crippen molar-refractivity contribution in [2.45, 2.75) is 33.3 Å². The Hall–Kier alpha value is -0.900. The average Bonchev–Trinajstić information content (AvgIpc) is 2.29. The molecule has 102 valence electrons. The van der Waals surface area contributed by atoms with Crippen molar-refractivity contribution in [3.05, 3.63) is 34.4 Å². The zero-order valence-electron chi connectivity index (χ0n) is 12.1. The number of ether oxygens (including phenoxy) is 1. The van der Waals surface area contributed by atoms with Crippen molar-refractivity contribution in [1.29, 1.82) is 0 Å². The van der Waals surface area contributed by atoms with E-state index >= 15 is 0 Å². The zero-order valence-corrected chi connectivity index (χ0v) is 12.1. The van der Waals surface area contributed by atoms with Crippen molar-refractivity contribution in [2.75, 3.05) is 26.8 Å². The summed E-state index contributed by atoms with van der Waals surface area (Å²) in [5.74, 6) is 0. The number of hydrogen-bond acceptors (Lipinski definition) is 3. The van der Waals surface area contributed by atoms with Crippen LogP contribution in [0.25, 0.3) is 0 Å². The number of methoxy groups -OCH3 is 1. The predicted octanol–water partition coefficient (Wildman–Crippen LogP) is 2.06. The highest BCUT2D eigenvalue weighted by Gasteiger charge is 2.24. The summed E-state index contributed by atoms with van der Waals surface area (Å²) in [7, 11) is 1.67. The highest BCUT2D eigenvalue weighted by atomic mass is 16.5. The lowest BCUT2D eigenvalue weighted by atomic mass is 9.89. The monoisotopic (exact) mass is 251 g/mol. The van der Waals surface area contributed by atoms with Crippen LogP contribution in [0.5, 0.6) is 0 Å². The lowest BCUT2D eigenvalue weighted by Gasteiger charge is -2.27. The Morgan fingerprint density at radius 2 is 1.78 bits per heavy atom. The highest BCUT2D eigenvalue weighted by Crippen LogP contribution is 2.26. The molecule has 0 radical (unpaired) electrons. The van der Waals surface area contributed by atoms with Crippen molar-refractivity contribution in [3.63, 3.8) is 0 Å². The van der Waals surface area contributed by atoms with Gasteiger partial charge in [-0.2, -0.15) is 0 Å². The van der Waals surface area contributed by atoms with Crippen molar-refractivity contribution < 1.29 is 9.84 Å². The van der Waals surface area contributed by atoms with E-state index in [9.17, 15) is 5.11 Å². The molecule has 0 aliphatic heterocycles. The maximum atomic E-state index is 10.6. The minimum Gasteiger partial charge on any atom is -0.384 e. The zero-order chi connectivity index (χ0) is 13.8. The minimum absolute atomic E-state index is 0.527. The van der Waals surface area contributed by atoms with E-state index in [4.69, 9.17) is 4.74 Å². The third-order valence-electron chi connectivity index (χ3n) is 3.37. The van der Waals surface area contributed by atoms with Crippen LogP contribution in [-0.2, 0) is 10.3 Å². The number of aryl methyl sites for hydroxylation is 3. The normalized spacial score (nSPS) is 14.6. The fourth-order valence-corrected chi connectivity index (χ4v) is 2.14. The Balaban J connectivity index is 2.80. The van der Waals surface area contributed by atoms with Crippen LogP contribution in [0.1, 0.15) is 29.2 Å². The Labute approximate surface area is 110 Å². The molecule has 2 N–H and O–H groups in total. The number of rotatable bonds is 6. The van der Waals surface area contributed by atoms with E-state index in [2.05, 4.69) is 31.3 Å². The molecule has 3 nitrogen and oxygen atoms in total. The predicted molar refractivity (Wildman–Crippen MR) is 75.0 cm³/mol. The van der Waals surface area contributed by atoms with E-state index in [1.807, 2.05) is 13.8 Å². The van der Waals surface area contributed by atoms with Gasteiger partial charge in [0, 0.05) is 20.2 Å². The summed E-state index contributed by atoms with van der Waals surface area (Å²) in [6, 6.07) is 4.22. The van der Waals surface area contributed by atoms with E-state index in [-0.39, 0.29) is 0 Å². The molecule has 0 aromatic heterocycles. The van der Waals surface area contributed by atoms with E-state index in [1.54, 1.807) is 7.11 Å². The van der Waals surface area contributed by atoms with Gasteiger partial charge in [-0.15, -0.1) is 0 Å². The molecule has 1 atom stereocenters. The summed E-state index contributed by atoms with van der Waals surface area (Å²) in [5.41, 5.74) is 3.76. The molecular weight excluding hydrogens is 226 g/mol. The smallest absolute Gasteiger partial charge is 0.0994 e. The third kappa shape index (κ3) is 3.80. The second kappa shape index (κ2) is 6.32. The van der Waals surface area contributed by atoms with Crippen molar-refractivity contribution in [3.8, 4) is 0 Å². The standard InChI is InChI=1S/C15H25NO2/c1-11-8-13(3)14(9-12(11)2)15(4,17)10-16-6-7-18-5/h8-9,16-17H,6-7,10H2,1-5H3. The quantitative estimate of drug-likeness (QED) is 0.760. The maximum absolute atomic E-state index is 10.6. The molecule has 1 unspecified atom stereocenters. The van der Waals surface area contributed by atoms with Gasteiger partial charge in [0.1, 0.15) is 0 Å². The highest BCUT2D eigenvalue weighted by molar-refractivity contribution is 5.39. The Bertz CT molecular complexity index is 400. The second-order valence-electron chi connectivity index (χ2n) is 5.19. The van der Waals surface area contributed by atoms with Crippen LogP contribution in [0.3, 0.4) is 0 Å². The summed E-state index contributed by atoms with van der Waals surface area (Å²) >= 11 is 0. The first-order valence-electron chi connectivity index (χ1n) is 6.39. The van der Waals surface area contributed by atoms with Crippen LogP contribution >= 0.6 is 0 Å². The lowest BCUT2D eigenvalue weighted by molar-refractivity contribution is 0.0543. The number of hydrogen-bond donors (Lipinski definition) is 2. The van der Waals surface area contributed by atoms with Crippen LogP contribution in [0.15, 0.2) is 12.1 Å². The molecular formula is C15H25NO2. The summed E-state index contributed by atoms with van der Waals surface area (Å²) < 4.78 is 4.98. The molecule has 0 fully saturated rings. The average molecular weight is 251 g/mol. The van der Waals surface area contributed by atoms with E-state index < -0.39 is 5.60 Å². The molecule has 1 aromatic rings. The Morgan fingerprint density at radius 3 is 2.39 bits per heavy atom. The molecule has 3 heteroatoms. The van der Waals surface area contributed by atoms with Crippen molar-refractivity contribution in [1.82, 2.24) is 5.32 Å². The van der Waals surface area contributed by atoms with Gasteiger partial charge in [0.05, 0.1) is 12.2 Å². The molecule has 18 heavy (non-hydrogen) atoms. The topological polar surface area (TPSA) is 41.5 Å². The van der Waals surface area contributed by atoms with Crippen molar-refractivity contribution in [2.24, 2.45) is 0 Å². The number of aliphatic hydroxyl groups is 1. The fourth-order valence-electron chi connectivity index (χ4n) is 2.14. The molecule has 0 saturated carbocycles. The van der Waals surface area contributed by atoms with E-state index in [0.717, 1.165) is 17.7 Å². The molecule has 0 amide bonds. The van der Waals surface area contributed by atoms with Crippen molar-refractivity contribution >= 4 is 0 Å². The summed E-state index contributed by atoms with van der Waals surface area (Å²) in [5, 5.41) is 13.8. The van der Waals surface area contributed by atoms with E-state index in [1.165, 1.54) is 11.1 Å².